The lowest BCUT2D eigenvalue weighted by atomic mass is 9.89. The van der Waals surface area contributed by atoms with Crippen LogP contribution in [-0.2, 0) is 11.1 Å². The van der Waals surface area contributed by atoms with Gasteiger partial charge in [-0.05, 0) is 53.1 Å². The summed E-state index contributed by atoms with van der Waals surface area (Å²) in [6.45, 7) is 2.70. The molecule has 0 N–H and O–H groups in total. The fraction of sp³-hybridized carbons (Fsp3) is 0.333. The molecule has 164 valence electrons. The molecule has 0 bridgehead atoms. The maximum atomic E-state index is 14.9. The van der Waals surface area contributed by atoms with Crippen LogP contribution in [0.15, 0.2) is 54.6 Å². The van der Waals surface area contributed by atoms with Crippen LogP contribution >= 0.6 is 0 Å². The Hall–Kier alpha value is -2.53. The third-order valence-corrected chi connectivity index (χ3v) is 6.33. The van der Waals surface area contributed by atoms with Gasteiger partial charge in [-0.2, -0.15) is 0 Å². The molecule has 0 aromatic heterocycles. The van der Waals surface area contributed by atoms with Gasteiger partial charge < -0.3 is 4.74 Å². The Morgan fingerprint density at radius 1 is 0.875 bits per heavy atom. The Morgan fingerprint density at radius 2 is 1.59 bits per heavy atom. The van der Waals surface area contributed by atoms with E-state index in [9.17, 15) is 13.2 Å². The van der Waals surface area contributed by atoms with Crippen molar-refractivity contribution < 1.29 is 17.9 Å². The summed E-state index contributed by atoms with van der Waals surface area (Å²) in [6, 6.07) is 15.3. The molecule has 1 saturated heterocycles. The molecule has 1 heterocycles. The molecule has 1 fully saturated rings. The fourth-order valence-corrected chi connectivity index (χ4v) is 4.45. The summed E-state index contributed by atoms with van der Waals surface area (Å²) < 4.78 is 49.3. The van der Waals surface area contributed by atoms with Gasteiger partial charge in [0.1, 0.15) is 5.82 Å². The van der Waals surface area contributed by atoms with Crippen LogP contribution in [0.3, 0.4) is 0 Å². The molecule has 1 aliphatic heterocycles. The molecular weight excluding hydrogens is 408 g/mol. The summed E-state index contributed by atoms with van der Waals surface area (Å²) in [5.41, 5.74) is 3.10. The first-order valence-corrected chi connectivity index (χ1v) is 11.2. The maximum absolute atomic E-state index is 14.9. The molecule has 3 aromatic rings. The second-order valence-electron chi connectivity index (χ2n) is 8.44. The molecule has 2 unspecified atom stereocenters. The lowest BCUT2D eigenvalue weighted by Gasteiger charge is -2.29. The molecular formula is C27H26BF3O. The molecule has 0 aliphatic carbocycles. The molecule has 1 nitrogen and oxygen atoms in total. The Kier molecular flexibility index (Phi) is 7.05. The Balaban J connectivity index is 1.52. The van der Waals surface area contributed by atoms with Crippen LogP contribution in [0.2, 0.25) is 0 Å². The molecule has 0 amide bonds. The van der Waals surface area contributed by atoms with E-state index >= 15 is 0 Å². The van der Waals surface area contributed by atoms with E-state index in [0.717, 1.165) is 36.8 Å². The van der Waals surface area contributed by atoms with E-state index in [4.69, 9.17) is 12.6 Å². The van der Waals surface area contributed by atoms with Crippen LogP contribution in [-0.4, -0.2) is 20.6 Å². The van der Waals surface area contributed by atoms with Crippen LogP contribution in [0.4, 0.5) is 13.2 Å². The van der Waals surface area contributed by atoms with Crippen molar-refractivity contribution in [2.24, 2.45) is 0 Å². The van der Waals surface area contributed by atoms with Crippen molar-refractivity contribution >= 4 is 7.85 Å². The zero-order chi connectivity index (χ0) is 22.7. The molecule has 3 aromatic carbocycles. The standard InChI is InChI=1S/C27H26BF3O/c1-2-3-22-11-8-21(16-32-22)23-12-9-19(14-25(23)29)17-4-6-18(7-5-17)24-13-10-20(15-28)26(30)27(24)31/h4-7,9-10,12-14,21-22H,2-3,8,11,15-16H2,1H3. The first-order valence-electron chi connectivity index (χ1n) is 11.2. The number of benzene rings is 3. The molecule has 2 atom stereocenters. The Bertz CT molecular complexity index is 1070. The molecule has 2 radical (unpaired) electrons. The number of halogens is 3. The topological polar surface area (TPSA) is 9.23 Å². The first-order chi connectivity index (χ1) is 15.5. The third kappa shape index (κ3) is 4.63. The van der Waals surface area contributed by atoms with Gasteiger partial charge in [-0.1, -0.05) is 68.2 Å². The van der Waals surface area contributed by atoms with E-state index in [2.05, 4.69) is 6.92 Å². The molecule has 32 heavy (non-hydrogen) atoms. The predicted molar refractivity (Wildman–Crippen MR) is 123 cm³/mol. The summed E-state index contributed by atoms with van der Waals surface area (Å²) in [5, 5.41) is 0. The highest BCUT2D eigenvalue weighted by Gasteiger charge is 2.24. The van der Waals surface area contributed by atoms with Gasteiger partial charge in [-0.15, -0.1) is 0 Å². The van der Waals surface area contributed by atoms with Crippen molar-refractivity contribution in [1.29, 1.82) is 0 Å². The zero-order valence-corrected chi connectivity index (χ0v) is 18.2. The van der Waals surface area contributed by atoms with Gasteiger partial charge in [0.15, 0.2) is 11.6 Å². The molecule has 4 rings (SSSR count). The summed E-state index contributed by atoms with van der Waals surface area (Å²) in [4.78, 5) is 0. The predicted octanol–water partition coefficient (Wildman–Crippen LogP) is 7.17. The van der Waals surface area contributed by atoms with E-state index in [1.165, 1.54) is 12.1 Å². The van der Waals surface area contributed by atoms with Crippen LogP contribution < -0.4 is 0 Å². The van der Waals surface area contributed by atoms with E-state index in [1.54, 1.807) is 30.3 Å². The van der Waals surface area contributed by atoms with Crippen molar-refractivity contribution in [2.75, 3.05) is 6.61 Å². The quantitative estimate of drug-likeness (QED) is 0.374. The number of hydrogen-bond acceptors (Lipinski definition) is 1. The van der Waals surface area contributed by atoms with Gasteiger partial charge in [0.05, 0.1) is 20.6 Å². The van der Waals surface area contributed by atoms with E-state index in [-0.39, 0.29) is 29.2 Å². The third-order valence-electron chi connectivity index (χ3n) is 6.33. The highest BCUT2D eigenvalue weighted by atomic mass is 19.2. The van der Waals surface area contributed by atoms with Crippen LogP contribution in [0.5, 0.6) is 0 Å². The minimum Gasteiger partial charge on any atom is -0.378 e. The smallest absolute Gasteiger partial charge is 0.166 e. The monoisotopic (exact) mass is 434 g/mol. The van der Waals surface area contributed by atoms with Crippen molar-refractivity contribution in [2.45, 2.75) is 50.9 Å². The average Bonchev–Trinajstić information content (AvgIpc) is 2.82. The zero-order valence-electron chi connectivity index (χ0n) is 18.2. The van der Waals surface area contributed by atoms with E-state index in [1.807, 2.05) is 12.1 Å². The Labute approximate surface area is 189 Å². The first kappa shape index (κ1) is 22.7. The van der Waals surface area contributed by atoms with Crippen molar-refractivity contribution in [3.63, 3.8) is 0 Å². The lowest BCUT2D eigenvalue weighted by Crippen LogP contribution is -2.25. The van der Waals surface area contributed by atoms with Crippen LogP contribution in [0.1, 0.15) is 49.7 Å². The fourth-order valence-electron chi connectivity index (χ4n) is 4.45. The normalized spacial score (nSPS) is 18.6. The largest absolute Gasteiger partial charge is 0.378 e. The Morgan fingerprint density at radius 3 is 2.22 bits per heavy atom. The molecule has 5 heteroatoms. The van der Waals surface area contributed by atoms with Gasteiger partial charge in [-0.3, -0.25) is 0 Å². The lowest BCUT2D eigenvalue weighted by molar-refractivity contribution is -0.00172. The number of rotatable bonds is 6. The van der Waals surface area contributed by atoms with Crippen LogP contribution in [0, 0.1) is 17.5 Å². The van der Waals surface area contributed by atoms with Gasteiger partial charge in [0, 0.05) is 11.5 Å². The maximum Gasteiger partial charge on any atom is 0.166 e. The minimum absolute atomic E-state index is 0.0597. The highest BCUT2D eigenvalue weighted by molar-refractivity contribution is 6.08. The average molecular weight is 434 g/mol. The summed E-state index contributed by atoms with van der Waals surface area (Å²) in [7, 11) is 5.44. The summed E-state index contributed by atoms with van der Waals surface area (Å²) in [6.07, 6.45) is 4.28. The van der Waals surface area contributed by atoms with Crippen molar-refractivity contribution in [3.8, 4) is 22.3 Å². The second kappa shape index (κ2) is 9.95. The number of hydrogen-bond donors (Lipinski definition) is 0. The summed E-state index contributed by atoms with van der Waals surface area (Å²) in [5.74, 6) is -1.99. The van der Waals surface area contributed by atoms with Crippen molar-refractivity contribution in [1.82, 2.24) is 0 Å². The van der Waals surface area contributed by atoms with E-state index in [0.29, 0.717) is 23.8 Å². The van der Waals surface area contributed by atoms with Crippen molar-refractivity contribution in [3.05, 3.63) is 83.2 Å². The summed E-state index contributed by atoms with van der Waals surface area (Å²) >= 11 is 0. The van der Waals surface area contributed by atoms with Gasteiger partial charge >= 0.3 is 0 Å². The SMILES string of the molecule is [B]Cc1ccc(-c2ccc(-c3ccc(C4CCC(CCC)OC4)c(F)c3)cc2)c(F)c1F. The minimum atomic E-state index is -0.917. The van der Waals surface area contributed by atoms with Gasteiger partial charge in [0.25, 0.3) is 0 Å². The number of ether oxygens (including phenoxy) is 1. The van der Waals surface area contributed by atoms with E-state index < -0.39 is 11.6 Å². The second-order valence-corrected chi connectivity index (χ2v) is 8.44. The molecule has 0 saturated carbocycles. The van der Waals surface area contributed by atoms with Crippen LogP contribution in [0.25, 0.3) is 22.3 Å². The van der Waals surface area contributed by atoms with Gasteiger partial charge in [-0.25, -0.2) is 13.2 Å². The molecule has 1 aliphatic rings. The molecule has 0 spiro atoms. The highest BCUT2D eigenvalue weighted by Crippen LogP contribution is 2.34. The van der Waals surface area contributed by atoms with Gasteiger partial charge in [0.2, 0.25) is 0 Å².